The summed E-state index contributed by atoms with van der Waals surface area (Å²) in [5, 5.41) is 17.8. The van der Waals surface area contributed by atoms with Crippen molar-refractivity contribution in [2.24, 2.45) is 5.92 Å². The van der Waals surface area contributed by atoms with Crippen LogP contribution < -0.4 is 5.32 Å². The maximum atomic E-state index is 10.6. The molecule has 1 heterocycles. The molecule has 1 N–H and O–H groups in total. The van der Waals surface area contributed by atoms with Gasteiger partial charge in [0, 0.05) is 30.2 Å². The predicted molar refractivity (Wildman–Crippen MR) is 77.8 cm³/mol. The van der Waals surface area contributed by atoms with Gasteiger partial charge in [0.05, 0.1) is 4.92 Å². The van der Waals surface area contributed by atoms with E-state index in [0.29, 0.717) is 29.6 Å². The van der Waals surface area contributed by atoms with Crippen LogP contribution in [0.25, 0.3) is 11.4 Å². The SMILES string of the molecule is CNC(Cc1nc(-c2ccc([N+](=O)[O-])cc2)no1)C(C)C. The van der Waals surface area contributed by atoms with Crippen LogP contribution in [0, 0.1) is 16.0 Å². The first-order valence-corrected chi connectivity index (χ1v) is 6.76. The number of nitro groups is 1. The highest BCUT2D eigenvalue weighted by Gasteiger charge is 2.17. The van der Waals surface area contributed by atoms with E-state index >= 15 is 0 Å². The van der Waals surface area contributed by atoms with Gasteiger partial charge < -0.3 is 9.84 Å². The summed E-state index contributed by atoms with van der Waals surface area (Å²) in [6.45, 7) is 4.24. The molecule has 0 saturated heterocycles. The Morgan fingerprint density at radius 2 is 2.00 bits per heavy atom. The summed E-state index contributed by atoms with van der Waals surface area (Å²) in [6, 6.07) is 6.34. The fraction of sp³-hybridized carbons (Fsp3) is 0.429. The average molecular weight is 290 g/mol. The monoisotopic (exact) mass is 290 g/mol. The standard InChI is InChI=1S/C14H18N4O3/c1-9(2)12(15-3)8-13-16-14(17-21-13)10-4-6-11(7-5-10)18(19)20/h4-7,9,12,15H,8H2,1-3H3. The Morgan fingerprint density at radius 3 is 2.52 bits per heavy atom. The van der Waals surface area contributed by atoms with Crippen LogP contribution >= 0.6 is 0 Å². The summed E-state index contributed by atoms with van der Waals surface area (Å²) < 4.78 is 5.24. The first-order valence-electron chi connectivity index (χ1n) is 6.76. The summed E-state index contributed by atoms with van der Waals surface area (Å²) in [6.07, 6.45) is 0.647. The molecule has 1 atom stereocenters. The van der Waals surface area contributed by atoms with Gasteiger partial charge in [0.15, 0.2) is 0 Å². The summed E-state index contributed by atoms with van der Waals surface area (Å²) in [5.41, 5.74) is 0.735. The molecule has 1 unspecified atom stereocenters. The highest BCUT2D eigenvalue weighted by Crippen LogP contribution is 2.20. The lowest BCUT2D eigenvalue weighted by molar-refractivity contribution is -0.384. The summed E-state index contributed by atoms with van der Waals surface area (Å²) in [5.74, 6) is 1.44. The first kappa shape index (κ1) is 15.1. The molecule has 0 aliphatic heterocycles. The van der Waals surface area contributed by atoms with Crippen molar-refractivity contribution in [3.8, 4) is 11.4 Å². The summed E-state index contributed by atoms with van der Waals surface area (Å²) in [7, 11) is 1.90. The zero-order valence-corrected chi connectivity index (χ0v) is 12.2. The fourth-order valence-electron chi connectivity index (χ4n) is 2.05. The van der Waals surface area contributed by atoms with E-state index in [0.717, 1.165) is 0 Å². The molecule has 0 bridgehead atoms. The van der Waals surface area contributed by atoms with Gasteiger partial charge in [0.25, 0.3) is 5.69 Å². The van der Waals surface area contributed by atoms with Gasteiger partial charge in [0.2, 0.25) is 11.7 Å². The zero-order valence-electron chi connectivity index (χ0n) is 12.2. The number of non-ortho nitro benzene ring substituents is 1. The van der Waals surface area contributed by atoms with Gasteiger partial charge in [-0.05, 0) is 25.1 Å². The molecule has 0 amide bonds. The number of nitrogens with one attached hydrogen (secondary N) is 1. The Labute approximate surface area is 122 Å². The number of rotatable bonds is 6. The maximum absolute atomic E-state index is 10.6. The maximum Gasteiger partial charge on any atom is 0.269 e. The van der Waals surface area contributed by atoms with Gasteiger partial charge in [-0.1, -0.05) is 19.0 Å². The van der Waals surface area contributed by atoms with E-state index in [4.69, 9.17) is 4.52 Å². The molecular formula is C14H18N4O3. The van der Waals surface area contributed by atoms with Crippen LogP contribution in [0.4, 0.5) is 5.69 Å². The number of likely N-dealkylation sites (N-methyl/N-ethyl adjacent to an activating group) is 1. The van der Waals surface area contributed by atoms with E-state index in [1.165, 1.54) is 12.1 Å². The van der Waals surface area contributed by atoms with Crippen LogP contribution in [0.15, 0.2) is 28.8 Å². The minimum absolute atomic E-state index is 0.0394. The Balaban J connectivity index is 2.14. The lowest BCUT2D eigenvalue weighted by atomic mass is 10.0. The van der Waals surface area contributed by atoms with Crippen LogP contribution in [0.1, 0.15) is 19.7 Å². The minimum atomic E-state index is -0.439. The van der Waals surface area contributed by atoms with Crippen LogP contribution in [-0.2, 0) is 6.42 Å². The lowest BCUT2D eigenvalue weighted by Gasteiger charge is -2.17. The van der Waals surface area contributed by atoms with Crippen LogP contribution in [0.2, 0.25) is 0 Å². The molecule has 7 nitrogen and oxygen atoms in total. The van der Waals surface area contributed by atoms with Gasteiger partial charge in [-0.3, -0.25) is 10.1 Å². The average Bonchev–Trinajstić information content (AvgIpc) is 2.93. The first-order chi connectivity index (χ1) is 10.0. The van der Waals surface area contributed by atoms with Gasteiger partial charge >= 0.3 is 0 Å². The minimum Gasteiger partial charge on any atom is -0.339 e. The van der Waals surface area contributed by atoms with Crippen molar-refractivity contribution in [1.29, 1.82) is 0 Å². The number of hydrogen-bond donors (Lipinski definition) is 1. The smallest absolute Gasteiger partial charge is 0.269 e. The number of nitro benzene ring substituents is 1. The van der Waals surface area contributed by atoms with E-state index in [1.54, 1.807) is 12.1 Å². The molecule has 0 fully saturated rings. The van der Waals surface area contributed by atoms with Gasteiger partial charge in [0.1, 0.15) is 0 Å². The molecule has 0 aliphatic rings. The van der Waals surface area contributed by atoms with Gasteiger partial charge in [-0.25, -0.2) is 0 Å². The van der Waals surface area contributed by atoms with Crippen molar-refractivity contribution < 1.29 is 9.45 Å². The van der Waals surface area contributed by atoms with Crippen molar-refractivity contribution in [3.63, 3.8) is 0 Å². The highest BCUT2D eigenvalue weighted by molar-refractivity contribution is 5.56. The third-order valence-corrected chi connectivity index (χ3v) is 3.37. The van der Waals surface area contributed by atoms with Crippen LogP contribution in [0.3, 0.4) is 0 Å². The number of benzene rings is 1. The third-order valence-electron chi connectivity index (χ3n) is 3.37. The van der Waals surface area contributed by atoms with E-state index < -0.39 is 4.92 Å². The molecule has 1 aromatic carbocycles. The van der Waals surface area contributed by atoms with Gasteiger partial charge in [-0.2, -0.15) is 4.98 Å². The van der Waals surface area contributed by atoms with E-state index in [1.807, 2.05) is 7.05 Å². The van der Waals surface area contributed by atoms with Crippen molar-refractivity contribution >= 4 is 5.69 Å². The molecule has 7 heteroatoms. The van der Waals surface area contributed by atoms with Crippen molar-refractivity contribution in [2.75, 3.05) is 7.05 Å². The van der Waals surface area contributed by atoms with E-state index in [9.17, 15) is 10.1 Å². The summed E-state index contributed by atoms with van der Waals surface area (Å²) >= 11 is 0. The molecule has 2 aromatic rings. The largest absolute Gasteiger partial charge is 0.339 e. The zero-order chi connectivity index (χ0) is 15.4. The second-order valence-electron chi connectivity index (χ2n) is 5.16. The van der Waals surface area contributed by atoms with E-state index in [2.05, 4.69) is 29.3 Å². The van der Waals surface area contributed by atoms with Gasteiger partial charge in [-0.15, -0.1) is 0 Å². The highest BCUT2D eigenvalue weighted by atomic mass is 16.6. The molecule has 112 valence electrons. The van der Waals surface area contributed by atoms with Crippen molar-refractivity contribution in [2.45, 2.75) is 26.3 Å². The number of hydrogen-bond acceptors (Lipinski definition) is 6. The van der Waals surface area contributed by atoms with Crippen LogP contribution in [0.5, 0.6) is 0 Å². The molecule has 0 spiro atoms. The molecule has 0 radical (unpaired) electrons. The Hall–Kier alpha value is -2.28. The van der Waals surface area contributed by atoms with Crippen molar-refractivity contribution in [1.82, 2.24) is 15.5 Å². The second-order valence-corrected chi connectivity index (χ2v) is 5.16. The Morgan fingerprint density at radius 1 is 1.33 bits per heavy atom. The molecular weight excluding hydrogens is 272 g/mol. The van der Waals surface area contributed by atoms with Crippen molar-refractivity contribution in [3.05, 3.63) is 40.3 Å². The quantitative estimate of drug-likeness (QED) is 0.648. The molecule has 1 aromatic heterocycles. The molecule has 21 heavy (non-hydrogen) atoms. The third kappa shape index (κ3) is 3.63. The van der Waals surface area contributed by atoms with Crippen LogP contribution in [-0.4, -0.2) is 28.2 Å². The Kier molecular flexibility index (Phi) is 4.64. The molecule has 0 aliphatic carbocycles. The second kappa shape index (κ2) is 6.45. The lowest BCUT2D eigenvalue weighted by Crippen LogP contribution is -2.32. The molecule has 0 saturated carbocycles. The predicted octanol–water partition coefficient (Wildman–Crippen LogP) is 2.43. The Bertz CT molecular complexity index is 607. The molecule has 2 rings (SSSR count). The fourth-order valence-corrected chi connectivity index (χ4v) is 2.05. The number of aromatic nitrogens is 2. The summed E-state index contributed by atoms with van der Waals surface area (Å²) in [4.78, 5) is 14.5. The topological polar surface area (TPSA) is 94.1 Å². The number of nitrogens with zero attached hydrogens (tertiary/aromatic N) is 3. The normalized spacial score (nSPS) is 12.6. The van der Waals surface area contributed by atoms with E-state index in [-0.39, 0.29) is 11.7 Å².